The summed E-state index contributed by atoms with van der Waals surface area (Å²) >= 11 is 0. The van der Waals surface area contributed by atoms with E-state index in [4.69, 9.17) is 14.0 Å². The van der Waals surface area contributed by atoms with E-state index in [0.29, 0.717) is 6.42 Å². The Morgan fingerprint density at radius 3 is 2.35 bits per heavy atom. The number of benzene rings is 1. The van der Waals surface area contributed by atoms with Crippen LogP contribution in [-0.2, 0) is 11.2 Å². The molecule has 2 aliphatic carbocycles. The highest BCUT2D eigenvalue weighted by Gasteiger charge is 2.35. The van der Waals surface area contributed by atoms with E-state index < -0.39 is 0 Å². The SMILES string of the molecule is COc1ccc(-c2cc(CC3CCC(O)C(CN(CC4CC4)CC4CC4)O3)no2)cc1. The maximum Gasteiger partial charge on any atom is 0.167 e. The number of methoxy groups -OCH3 is 1. The highest BCUT2D eigenvalue weighted by Crippen LogP contribution is 2.34. The summed E-state index contributed by atoms with van der Waals surface area (Å²) in [6, 6.07) is 9.78. The first-order valence-corrected chi connectivity index (χ1v) is 11.8. The zero-order chi connectivity index (χ0) is 21.2. The Morgan fingerprint density at radius 2 is 1.71 bits per heavy atom. The first-order chi connectivity index (χ1) is 15.2. The lowest BCUT2D eigenvalue weighted by Gasteiger charge is -2.37. The molecule has 6 heteroatoms. The van der Waals surface area contributed by atoms with Crippen LogP contribution in [0.25, 0.3) is 11.3 Å². The van der Waals surface area contributed by atoms with E-state index in [1.165, 1.54) is 38.8 Å². The number of aliphatic hydroxyl groups excluding tert-OH is 1. The summed E-state index contributed by atoms with van der Waals surface area (Å²) in [5.74, 6) is 3.30. The molecule has 0 radical (unpaired) electrons. The van der Waals surface area contributed by atoms with Crippen LogP contribution in [0.2, 0.25) is 0 Å². The smallest absolute Gasteiger partial charge is 0.167 e. The molecule has 5 rings (SSSR count). The summed E-state index contributed by atoms with van der Waals surface area (Å²) in [7, 11) is 1.66. The molecule has 31 heavy (non-hydrogen) atoms. The second-order valence-corrected chi connectivity index (χ2v) is 9.66. The minimum atomic E-state index is -0.371. The fraction of sp³-hybridized carbons (Fsp3) is 0.640. The number of aliphatic hydroxyl groups is 1. The standard InChI is InChI=1S/C25H34N2O4/c1-29-21-8-6-19(7-9-21)24-13-20(26-31-24)12-22-10-11-23(28)25(30-22)16-27(14-17-2-3-17)15-18-4-5-18/h6-9,13,17-18,22-23,25,28H,2-5,10-12,14-16H2,1H3. The quantitative estimate of drug-likeness (QED) is 0.621. The third-order valence-electron chi connectivity index (χ3n) is 6.82. The van der Waals surface area contributed by atoms with Crippen LogP contribution in [0.1, 0.15) is 44.2 Å². The van der Waals surface area contributed by atoms with Gasteiger partial charge in [-0.05, 0) is 74.6 Å². The highest BCUT2D eigenvalue weighted by molar-refractivity contribution is 5.58. The number of ether oxygens (including phenoxy) is 2. The lowest BCUT2D eigenvalue weighted by molar-refractivity contribution is -0.126. The summed E-state index contributed by atoms with van der Waals surface area (Å²) < 4.78 is 17.2. The van der Waals surface area contributed by atoms with Crippen LogP contribution >= 0.6 is 0 Å². The third-order valence-corrected chi connectivity index (χ3v) is 6.82. The summed E-state index contributed by atoms with van der Waals surface area (Å²) in [6.07, 6.45) is 7.41. The predicted octanol–water partition coefficient (Wildman–Crippen LogP) is 3.92. The van der Waals surface area contributed by atoms with Gasteiger partial charge in [0.25, 0.3) is 0 Å². The first-order valence-electron chi connectivity index (χ1n) is 11.8. The molecule has 3 atom stereocenters. The van der Waals surface area contributed by atoms with Crippen LogP contribution in [0.4, 0.5) is 0 Å². The van der Waals surface area contributed by atoms with Gasteiger partial charge in [-0.2, -0.15) is 0 Å². The van der Waals surface area contributed by atoms with E-state index in [9.17, 15) is 5.11 Å². The fourth-order valence-electron chi connectivity index (χ4n) is 4.61. The van der Waals surface area contributed by atoms with Crippen molar-refractivity contribution in [3.63, 3.8) is 0 Å². The van der Waals surface area contributed by atoms with E-state index in [1.54, 1.807) is 7.11 Å². The third kappa shape index (κ3) is 5.68. The molecular formula is C25H34N2O4. The number of hydrogen-bond acceptors (Lipinski definition) is 6. The van der Waals surface area contributed by atoms with Gasteiger partial charge in [0.2, 0.25) is 0 Å². The summed E-state index contributed by atoms with van der Waals surface area (Å²) in [5.41, 5.74) is 1.88. The Balaban J connectivity index is 1.18. The van der Waals surface area contributed by atoms with E-state index in [0.717, 1.165) is 54.0 Å². The molecule has 1 aromatic carbocycles. The first kappa shape index (κ1) is 21.0. The van der Waals surface area contributed by atoms with Gasteiger partial charge in [0.05, 0.1) is 31.1 Å². The Kier molecular flexibility index (Phi) is 6.30. The molecule has 0 spiro atoms. The minimum Gasteiger partial charge on any atom is -0.497 e. The van der Waals surface area contributed by atoms with Gasteiger partial charge < -0.3 is 24.0 Å². The molecule has 2 aromatic rings. The molecule has 1 aromatic heterocycles. The molecule has 1 N–H and O–H groups in total. The Morgan fingerprint density at radius 1 is 1.00 bits per heavy atom. The van der Waals surface area contributed by atoms with Crippen LogP contribution in [0.15, 0.2) is 34.9 Å². The molecule has 3 fully saturated rings. The van der Waals surface area contributed by atoms with Gasteiger partial charge in [-0.3, -0.25) is 0 Å². The molecular weight excluding hydrogens is 392 g/mol. The van der Waals surface area contributed by atoms with Crippen LogP contribution in [0, 0.1) is 11.8 Å². The number of nitrogens with zero attached hydrogens (tertiary/aromatic N) is 2. The average molecular weight is 427 g/mol. The zero-order valence-corrected chi connectivity index (χ0v) is 18.4. The van der Waals surface area contributed by atoms with Crippen molar-refractivity contribution in [3.05, 3.63) is 36.0 Å². The van der Waals surface area contributed by atoms with Crippen molar-refractivity contribution in [2.45, 2.75) is 63.3 Å². The number of rotatable bonds is 10. The molecule has 1 aliphatic heterocycles. The van der Waals surface area contributed by atoms with Crippen molar-refractivity contribution in [3.8, 4) is 17.1 Å². The van der Waals surface area contributed by atoms with Gasteiger partial charge in [-0.15, -0.1) is 0 Å². The fourth-order valence-corrected chi connectivity index (χ4v) is 4.61. The normalized spacial score (nSPS) is 26.4. The van der Waals surface area contributed by atoms with Crippen LogP contribution in [0.3, 0.4) is 0 Å². The summed E-state index contributed by atoms with van der Waals surface area (Å²) in [4.78, 5) is 2.56. The van der Waals surface area contributed by atoms with Gasteiger partial charge in [-0.25, -0.2) is 0 Å². The molecule has 2 saturated carbocycles. The van der Waals surface area contributed by atoms with E-state index >= 15 is 0 Å². The van der Waals surface area contributed by atoms with Gasteiger partial charge in [0.1, 0.15) is 5.75 Å². The zero-order valence-electron chi connectivity index (χ0n) is 18.4. The maximum atomic E-state index is 10.6. The Bertz CT molecular complexity index is 829. The monoisotopic (exact) mass is 426 g/mol. The minimum absolute atomic E-state index is 0.0749. The van der Waals surface area contributed by atoms with Crippen molar-refractivity contribution in [1.82, 2.24) is 10.1 Å². The van der Waals surface area contributed by atoms with Crippen molar-refractivity contribution in [1.29, 1.82) is 0 Å². The Labute approximate surface area is 184 Å². The van der Waals surface area contributed by atoms with E-state index in [1.807, 2.05) is 30.3 Å². The van der Waals surface area contributed by atoms with Crippen molar-refractivity contribution < 1.29 is 19.1 Å². The molecule has 3 unspecified atom stereocenters. The summed E-state index contributed by atoms with van der Waals surface area (Å²) in [6.45, 7) is 3.19. The van der Waals surface area contributed by atoms with Crippen molar-refractivity contribution in [2.75, 3.05) is 26.7 Å². The molecule has 168 valence electrons. The second kappa shape index (κ2) is 9.31. The lowest BCUT2D eigenvalue weighted by Crippen LogP contribution is -2.47. The Hall–Kier alpha value is -1.89. The van der Waals surface area contributed by atoms with Gasteiger partial charge in [0, 0.05) is 37.7 Å². The average Bonchev–Trinajstić information content (AvgIpc) is 3.71. The van der Waals surface area contributed by atoms with Gasteiger partial charge in [0.15, 0.2) is 5.76 Å². The molecule has 0 amide bonds. The second-order valence-electron chi connectivity index (χ2n) is 9.66. The number of hydrogen-bond donors (Lipinski definition) is 1. The van der Waals surface area contributed by atoms with Crippen molar-refractivity contribution in [2.24, 2.45) is 11.8 Å². The van der Waals surface area contributed by atoms with Crippen molar-refractivity contribution >= 4 is 0 Å². The van der Waals surface area contributed by atoms with Crippen LogP contribution < -0.4 is 4.74 Å². The van der Waals surface area contributed by atoms with Gasteiger partial charge >= 0.3 is 0 Å². The predicted molar refractivity (Wildman–Crippen MR) is 118 cm³/mol. The van der Waals surface area contributed by atoms with E-state index in [2.05, 4.69) is 10.1 Å². The molecule has 2 heterocycles. The molecule has 3 aliphatic rings. The molecule has 1 saturated heterocycles. The largest absolute Gasteiger partial charge is 0.497 e. The van der Waals surface area contributed by atoms with E-state index in [-0.39, 0.29) is 18.3 Å². The molecule has 0 bridgehead atoms. The maximum absolute atomic E-state index is 10.6. The van der Waals surface area contributed by atoms with Crippen LogP contribution in [-0.4, -0.2) is 60.2 Å². The summed E-state index contributed by atoms with van der Waals surface area (Å²) in [5, 5.41) is 14.9. The number of aromatic nitrogens is 1. The lowest BCUT2D eigenvalue weighted by atomic mass is 9.97. The van der Waals surface area contributed by atoms with Gasteiger partial charge in [-0.1, -0.05) is 5.16 Å². The van der Waals surface area contributed by atoms with Crippen LogP contribution in [0.5, 0.6) is 5.75 Å². The topological polar surface area (TPSA) is 68.0 Å². The molecule has 6 nitrogen and oxygen atoms in total. The highest BCUT2D eigenvalue weighted by atomic mass is 16.5.